The Bertz CT molecular complexity index is 337. The van der Waals surface area contributed by atoms with E-state index in [2.05, 4.69) is 4.98 Å². The van der Waals surface area contributed by atoms with E-state index in [1.807, 2.05) is 58.2 Å². The summed E-state index contributed by atoms with van der Waals surface area (Å²) in [6, 6.07) is 7.76. The zero-order chi connectivity index (χ0) is 11.7. The van der Waals surface area contributed by atoms with Gasteiger partial charge in [-0.1, -0.05) is 51.6 Å². The van der Waals surface area contributed by atoms with Crippen LogP contribution in [-0.4, -0.2) is 11.2 Å². The second-order valence-corrected chi connectivity index (χ2v) is 2.91. The topological polar surface area (TPSA) is 26.0 Å². The predicted molar refractivity (Wildman–Crippen MR) is 68.5 cm³/mol. The highest BCUT2D eigenvalue weighted by atomic mass is 32.2. The van der Waals surface area contributed by atoms with Gasteiger partial charge in [-0.05, 0) is 18.4 Å². The van der Waals surface area contributed by atoms with Crippen LogP contribution in [0.4, 0.5) is 0 Å². The standard InChI is InChI=1S/C8H7NOS.2C2H6/c1-11-8-9-6-4-2-3-5-7(6)10-8;2*1-2/h2-5H,1H3;2*1-2H3. The van der Waals surface area contributed by atoms with Crippen molar-refractivity contribution in [3.8, 4) is 0 Å². The second kappa shape index (κ2) is 8.36. The summed E-state index contributed by atoms with van der Waals surface area (Å²) < 4.78 is 5.37. The smallest absolute Gasteiger partial charge is 0.256 e. The molecule has 1 aromatic carbocycles. The SMILES string of the molecule is CC.CC.CSc1nc2ccccc2o1. The first kappa shape index (κ1) is 14.0. The van der Waals surface area contributed by atoms with Gasteiger partial charge in [-0.15, -0.1) is 0 Å². The minimum Gasteiger partial charge on any atom is -0.431 e. The van der Waals surface area contributed by atoms with Gasteiger partial charge in [0, 0.05) is 0 Å². The van der Waals surface area contributed by atoms with E-state index < -0.39 is 0 Å². The van der Waals surface area contributed by atoms with Gasteiger partial charge in [0.25, 0.3) is 5.22 Å². The van der Waals surface area contributed by atoms with Crippen molar-refractivity contribution < 1.29 is 4.42 Å². The van der Waals surface area contributed by atoms with Crippen LogP contribution in [0.3, 0.4) is 0 Å². The van der Waals surface area contributed by atoms with Crippen molar-refractivity contribution >= 4 is 22.9 Å². The van der Waals surface area contributed by atoms with Crippen LogP contribution in [0.25, 0.3) is 11.1 Å². The number of hydrogen-bond acceptors (Lipinski definition) is 3. The number of rotatable bonds is 1. The maximum atomic E-state index is 5.37. The number of benzene rings is 1. The Morgan fingerprint density at radius 2 is 1.67 bits per heavy atom. The molecule has 0 spiro atoms. The zero-order valence-electron chi connectivity index (χ0n) is 10.1. The lowest BCUT2D eigenvalue weighted by molar-refractivity contribution is 0.490. The predicted octanol–water partition coefficient (Wildman–Crippen LogP) is 4.60. The molecule has 0 aliphatic rings. The summed E-state index contributed by atoms with van der Waals surface area (Å²) in [4.78, 5) is 4.23. The highest BCUT2D eigenvalue weighted by Crippen LogP contribution is 2.20. The molecule has 2 rings (SSSR count). The third kappa shape index (κ3) is 3.96. The molecule has 1 aromatic heterocycles. The lowest BCUT2D eigenvalue weighted by Crippen LogP contribution is -1.65. The average Bonchev–Trinajstić information content (AvgIpc) is 2.77. The molecule has 0 bridgehead atoms. The number of thioether (sulfide) groups is 1. The fourth-order valence-electron chi connectivity index (χ4n) is 0.938. The monoisotopic (exact) mass is 225 g/mol. The summed E-state index contributed by atoms with van der Waals surface area (Å²) in [7, 11) is 0. The summed E-state index contributed by atoms with van der Waals surface area (Å²) in [5.74, 6) is 0. The van der Waals surface area contributed by atoms with Crippen LogP contribution in [-0.2, 0) is 0 Å². The van der Waals surface area contributed by atoms with Gasteiger partial charge < -0.3 is 4.42 Å². The molecule has 2 nitrogen and oxygen atoms in total. The highest BCUT2D eigenvalue weighted by molar-refractivity contribution is 7.98. The molecule has 15 heavy (non-hydrogen) atoms. The van der Waals surface area contributed by atoms with Gasteiger partial charge in [0.2, 0.25) is 0 Å². The third-order valence-corrected chi connectivity index (χ3v) is 1.97. The van der Waals surface area contributed by atoms with Crippen LogP contribution in [0.1, 0.15) is 27.7 Å². The molecule has 1 heterocycles. The van der Waals surface area contributed by atoms with Crippen LogP contribution in [0.2, 0.25) is 0 Å². The van der Waals surface area contributed by atoms with E-state index in [4.69, 9.17) is 4.42 Å². The number of nitrogens with zero attached hydrogens (tertiary/aromatic N) is 1. The molecule has 0 aliphatic carbocycles. The van der Waals surface area contributed by atoms with E-state index >= 15 is 0 Å². The Hall–Kier alpha value is -0.960. The lowest BCUT2D eigenvalue weighted by atomic mass is 10.3. The third-order valence-electron chi connectivity index (χ3n) is 1.45. The van der Waals surface area contributed by atoms with E-state index in [1.54, 1.807) is 0 Å². The van der Waals surface area contributed by atoms with E-state index in [-0.39, 0.29) is 0 Å². The van der Waals surface area contributed by atoms with E-state index in [0.29, 0.717) is 0 Å². The minimum absolute atomic E-state index is 0.728. The second-order valence-electron chi connectivity index (χ2n) is 2.15. The Kier molecular flexibility index (Phi) is 7.82. The van der Waals surface area contributed by atoms with Crippen molar-refractivity contribution in [1.29, 1.82) is 0 Å². The van der Waals surface area contributed by atoms with Crippen molar-refractivity contribution in [2.75, 3.05) is 6.26 Å². The maximum absolute atomic E-state index is 5.37. The molecule has 0 atom stereocenters. The normalized spacial score (nSPS) is 8.60. The molecule has 0 fully saturated rings. The first-order valence-corrected chi connectivity index (χ1v) is 6.52. The Balaban J connectivity index is 0.000000442. The van der Waals surface area contributed by atoms with Crippen molar-refractivity contribution in [1.82, 2.24) is 4.98 Å². The molecule has 0 saturated carbocycles. The van der Waals surface area contributed by atoms with E-state index in [0.717, 1.165) is 16.3 Å². The van der Waals surface area contributed by atoms with Crippen molar-refractivity contribution in [2.24, 2.45) is 0 Å². The maximum Gasteiger partial charge on any atom is 0.256 e. The van der Waals surface area contributed by atoms with Crippen molar-refractivity contribution in [3.05, 3.63) is 24.3 Å². The average molecular weight is 225 g/mol. The van der Waals surface area contributed by atoms with E-state index in [1.165, 1.54) is 11.8 Å². The summed E-state index contributed by atoms with van der Waals surface area (Å²) in [6.07, 6.45) is 1.95. The van der Waals surface area contributed by atoms with Gasteiger partial charge in [0.05, 0.1) is 0 Å². The van der Waals surface area contributed by atoms with E-state index in [9.17, 15) is 0 Å². The van der Waals surface area contributed by atoms with Gasteiger partial charge >= 0.3 is 0 Å². The minimum atomic E-state index is 0.728. The molecule has 0 unspecified atom stereocenters. The number of hydrogen-bond donors (Lipinski definition) is 0. The number of oxazole rings is 1. The first-order chi connectivity index (χ1) is 7.40. The number of fused-ring (bicyclic) bond motifs is 1. The number of para-hydroxylation sites is 2. The number of aromatic nitrogens is 1. The van der Waals surface area contributed by atoms with Crippen molar-refractivity contribution in [3.63, 3.8) is 0 Å². The molecule has 3 heteroatoms. The molecule has 0 saturated heterocycles. The Morgan fingerprint density at radius 3 is 2.20 bits per heavy atom. The van der Waals surface area contributed by atoms with Crippen LogP contribution < -0.4 is 0 Å². The fraction of sp³-hybridized carbons (Fsp3) is 0.417. The first-order valence-electron chi connectivity index (χ1n) is 5.30. The summed E-state index contributed by atoms with van der Waals surface area (Å²) >= 11 is 1.52. The van der Waals surface area contributed by atoms with Gasteiger partial charge in [-0.25, -0.2) is 4.98 Å². The summed E-state index contributed by atoms with van der Waals surface area (Å²) in [6.45, 7) is 8.00. The summed E-state index contributed by atoms with van der Waals surface area (Å²) in [5, 5.41) is 0.728. The van der Waals surface area contributed by atoms with Crippen LogP contribution in [0.15, 0.2) is 33.9 Å². The quantitative estimate of drug-likeness (QED) is 0.663. The molecular formula is C12H19NOS. The Morgan fingerprint density at radius 1 is 1.07 bits per heavy atom. The van der Waals surface area contributed by atoms with Gasteiger partial charge in [-0.2, -0.15) is 0 Å². The van der Waals surface area contributed by atoms with Crippen LogP contribution in [0.5, 0.6) is 0 Å². The lowest BCUT2D eigenvalue weighted by Gasteiger charge is -1.80. The molecular weight excluding hydrogens is 206 g/mol. The molecule has 84 valence electrons. The van der Waals surface area contributed by atoms with Crippen molar-refractivity contribution in [2.45, 2.75) is 32.9 Å². The highest BCUT2D eigenvalue weighted by Gasteiger charge is 2.01. The van der Waals surface area contributed by atoms with Crippen LogP contribution in [0, 0.1) is 0 Å². The summed E-state index contributed by atoms with van der Waals surface area (Å²) in [5.41, 5.74) is 1.79. The fourth-order valence-corrected chi connectivity index (χ4v) is 1.30. The molecule has 0 aliphatic heterocycles. The molecule has 0 amide bonds. The Labute approximate surface area is 96.1 Å². The molecule has 0 N–H and O–H groups in total. The van der Waals surface area contributed by atoms with Crippen LogP contribution >= 0.6 is 11.8 Å². The van der Waals surface area contributed by atoms with Gasteiger partial charge in [0.1, 0.15) is 5.52 Å². The van der Waals surface area contributed by atoms with Gasteiger partial charge in [-0.3, -0.25) is 0 Å². The molecule has 0 radical (unpaired) electrons. The largest absolute Gasteiger partial charge is 0.431 e. The molecule has 2 aromatic rings. The van der Waals surface area contributed by atoms with Gasteiger partial charge in [0.15, 0.2) is 5.58 Å². The zero-order valence-corrected chi connectivity index (χ0v) is 10.9.